The number of hydrogen-bond acceptors (Lipinski definition) is 14. The Hall–Kier alpha value is -8.98. The molecule has 4 amide bonds. The van der Waals surface area contributed by atoms with Gasteiger partial charge in [-0.05, 0) is 81.6 Å². The summed E-state index contributed by atoms with van der Waals surface area (Å²) >= 11 is 0. The average molecular weight is 1100 g/mol. The zero-order valence-electron chi connectivity index (χ0n) is 40.7. The van der Waals surface area contributed by atoms with Crippen molar-refractivity contribution in [3.05, 3.63) is 147 Å². The molecular formula is C49H42F10N4O14. The number of halogens is 10. The SMILES string of the molecule is Cc1cc(COC(=O)Nc2ccc(COC(=O)Oc3c(F)c(F)c(F)c(F)c3F)cc2)c(OC(=O)NCCCN(C)C(=O)OC(C)(C)C)c(COC(=O)Nc2ccc(COC(=O)Oc3c(F)c(F)c(F)c(F)c3F)cc2)c1. The van der Waals surface area contributed by atoms with Crippen LogP contribution in [0.4, 0.5) is 84.0 Å². The number of benzene rings is 5. The second-order valence-corrected chi connectivity index (χ2v) is 16.9. The van der Waals surface area contributed by atoms with Crippen molar-refractivity contribution in [3.8, 4) is 17.2 Å². The van der Waals surface area contributed by atoms with Crippen LogP contribution < -0.4 is 30.2 Å². The van der Waals surface area contributed by atoms with E-state index in [1.165, 1.54) is 72.6 Å². The first kappa shape index (κ1) is 58.9. The van der Waals surface area contributed by atoms with Gasteiger partial charge in [-0.25, -0.2) is 55.1 Å². The predicted octanol–water partition coefficient (Wildman–Crippen LogP) is 11.7. The number of ether oxygens (including phenoxy) is 8. The summed E-state index contributed by atoms with van der Waals surface area (Å²) in [4.78, 5) is 76.7. The van der Waals surface area contributed by atoms with Gasteiger partial charge in [0, 0.05) is 42.6 Å². The fraction of sp³-hybridized carbons (Fsp3) is 0.265. The molecule has 0 atom stereocenters. The molecule has 0 heterocycles. The third kappa shape index (κ3) is 16.5. The number of anilines is 2. The molecule has 0 fully saturated rings. The molecular weight excluding hydrogens is 1060 g/mol. The van der Waals surface area contributed by atoms with Gasteiger partial charge in [-0.2, -0.15) is 17.6 Å². The number of nitrogens with zero attached hydrogens (tertiary/aromatic N) is 1. The van der Waals surface area contributed by atoms with Gasteiger partial charge in [-0.1, -0.05) is 29.8 Å². The molecule has 5 aromatic carbocycles. The first-order valence-corrected chi connectivity index (χ1v) is 22.0. The average Bonchev–Trinajstić information content (AvgIpc) is 3.39. The highest BCUT2D eigenvalue weighted by molar-refractivity contribution is 5.85. The number of amides is 4. The van der Waals surface area contributed by atoms with Gasteiger partial charge in [0.15, 0.2) is 0 Å². The van der Waals surface area contributed by atoms with Crippen LogP contribution in [0.1, 0.15) is 55.0 Å². The Morgan fingerprint density at radius 2 is 0.870 bits per heavy atom. The van der Waals surface area contributed by atoms with Crippen LogP contribution in [0.25, 0.3) is 0 Å². The maximum atomic E-state index is 13.9. The fourth-order valence-electron chi connectivity index (χ4n) is 6.16. The third-order valence-electron chi connectivity index (χ3n) is 9.77. The van der Waals surface area contributed by atoms with Gasteiger partial charge in [-0.15, -0.1) is 0 Å². The summed E-state index contributed by atoms with van der Waals surface area (Å²) in [6.07, 6.45) is -7.08. The molecule has 5 aromatic rings. The summed E-state index contributed by atoms with van der Waals surface area (Å²) < 4.78 is 176. The summed E-state index contributed by atoms with van der Waals surface area (Å²) in [5.74, 6) is -27.9. The van der Waals surface area contributed by atoms with E-state index in [9.17, 15) is 72.7 Å². The number of carbonyl (C=O) groups is 6. The minimum atomic E-state index is -2.47. The van der Waals surface area contributed by atoms with E-state index in [1.54, 1.807) is 27.7 Å². The largest absolute Gasteiger partial charge is 0.514 e. The molecule has 18 nitrogen and oxygen atoms in total. The van der Waals surface area contributed by atoms with E-state index in [2.05, 4.69) is 34.9 Å². The molecule has 0 radical (unpaired) electrons. The van der Waals surface area contributed by atoms with Gasteiger partial charge in [0.1, 0.15) is 37.8 Å². The number of aryl methyl sites for hydroxylation is 1. The lowest BCUT2D eigenvalue weighted by molar-refractivity contribution is 0.0297. The van der Waals surface area contributed by atoms with Crippen LogP contribution in [0.2, 0.25) is 0 Å². The molecule has 0 saturated heterocycles. The van der Waals surface area contributed by atoms with Crippen molar-refractivity contribution in [2.45, 2.75) is 66.1 Å². The van der Waals surface area contributed by atoms with Crippen LogP contribution in [0.15, 0.2) is 60.7 Å². The highest BCUT2D eigenvalue weighted by Crippen LogP contribution is 2.32. The zero-order valence-corrected chi connectivity index (χ0v) is 40.7. The lowest BCUT2D eigenvalue weighted by Gasteiger charge is -2.24. The van der Waals surface area contributed by atoms with Crippen LogP contribution in [0.3, 0.4) is 0 Å². The monoisotopic (exact) mass is 1100 g/mol. The third-order valence-corrected chi connectivity index (χ3v) is 9.77. The second-order valence-electron chi connectivity index (χ2n) is 16.9. The van der Waals surface area contributed by atoms with Crippen molar-refractivity contribution in [2.24, 2.45) is 0 Å². The van der Waals surface area contributed by atoms with Crippen LogP contribution in [0, 0.1) is 65.1 Å². The molecule has 0 unspecified atom stereocenters. The van der Waals surface area contributed by atoms with Gasteiger partial charge < -0.3 is 48.1 Å². The lowest BCUT2D eigenvalue weighted by atomic mass is 10.1. The summed E-state index contributed by atoms with van der Waals surface area (Å²) in [6, 6.07) is 13.4. The van der Waals surface area contributed by atoms with Gasteiger partial charge in [0.05, 0.1) is 0 Å². The molecule has 28 heteroatoms. The van der Waals surface area contributed by atoms with Crippen molar-refractivity contribution >= 4 is 48.1 Å². The summed E-state index contributed by atoms with van der Waals surface area (Å²) in [7, 11) is 1.50. The minimum Gasteiger partial charge on any atom is -0.444 e. The molecule has 0 aromatic heterocycles. The van der Waals surface area contributed by atoms with Crippen LogP contribution >= 0.6 is 0 Å². The Morgan fingerprint density at radius 3 is 1.25 bits per heavy atom. The smallest absolute Gasteiger partial charge is 0.444 e. The Balaban J connectivity index is 1.19. The fourth-order valence-corrected chi connectivity index (χ4v) is 6.16. The Kier molecular flexibility index (Phi) is 19.9. The molecule has 0 aliphatic rings. The van der Waals surface area contributed by atoms with Crippen molar-refractivity contribution in [3.63, 3.8) is 0 Å². The van der Waals surface area contributed by atoms with E-state index in [0.717, 1.165) is 0 Å². The van der Waals surface area contributed by atoms with E-state index in [4.69, 9.17) is 18.9 Å². The number of hydrogen-bond donors (Lipinski definition) is 3. The Bertz CT molecular complexity index is 2810. The standard InChI is InChI=1S/C49H42F10N4O14/c1-23-17-26(21-70-44(65)61-28-11-7-24(8-12-28)19-72-47(68)75-41-36(56)32(52)30(50)33(53)37(41)57)40(74-43(64)60-15-6-16-63(5)46(67)77-49(2,3)4)27(18-23)22-71-45(66)62-29-13-9-25(10-14-29)20-73-48(69)76-42-38(58)34(54)31(51)35(55)39(42)59/h7-14,17-18H,6,15-16,19-22H2,1-5H3,(H,60,64)(H,61,65)(H,62,66). The number of nitrogens with one attached hydrogen (secondary N) is 3. The first-order valence-electron chi connectivity index (χ1n) is 22.0. The topological polar surface area (TPSA) is 216 Å². The van der Waals surface area contributed by atoms with E-state index in [1.807, 2.05) is 0 Å². The highest BCUT2D eigenvalue weighted by Gasteiger charge is 2.31. The summed E-state index contributed by atoms with van der Waals surface area (Å²) in [5.41, 5.74) is 0.565. The summed E-state index contributed by atoms with van der Waals surface area (Å²) in [6.45, 7) is 4.51. The molecule has 77 heavy (non-hydrogen) atoms. The Morgan fingerprint density at radius 1 is 0.494 bits per heavy atom. The van der Waals surface area contributed by atoms with Crippen LogP contribution in [0.5, 0.6) is 17.2 Å². The lowest BCUT2D eigenvalue weighted by Crippen LogP contribution is -2.36. The first-order chi connectivity index (χ1) is 36.2. The maximum Gasteiger partial charge on any atom is 0.514 e. The van der Waals surface area contributed by atoms with Gasteiger partial charge in [-0.3, -0.25) is 10.6 Å². The Labute approximate surface area is 429 Å². The number of rotatable bonds is 17. The van der Waals surface area contributed by atoms with E-state index < -0.39 is 138 Å². The molecule has 0 spiro atoms. The molecule has 0 bridgehead atoms. The van der Waals surface area contributed by atoms with Gasteiger partial charge >= 0.3 is 36.7 Å². The van der Waals surface area contributed by atoms with E-state index >= 15 is 0 Å². The second kappa shape index (κ2) is 26.0. The van der Waals surface area contributed by atoms with Crippen molar-refractivity contribution in [2.75, 3.05) is 30.8 Å². The van der Waals surface area contributed by atoms with E-state index in [0.29, 0.717) is 5.56 Å². The van der Waals surface area contributed by atoms with Crippen molar-refractivity contribution in [1.82, 2.24) is 10.2 Å². The molecule has 412 valence electrons. The van der Waals surface area contributed by atoms with Crippen LogP contribution in [-0.4, -0.2) is 67.3 Å². The molecule has 0 aliphatic heterocycles. The van der Waals surface area contributed by atoms with Crippen molar-refractivity contribution in [1.29, 1.82) is 0 Å². The predicted molar refractivity (Wildman–Crippen MR) is 243 cm³/mol. The maximum absolute atomic E-state index is 13.9. The zero-order chi connectivity index (χ0) is 56.9. The normalized spacial score (nSPS) is 10.9. The molecule has 0 aliphatic carbocycles. The highest BCUT2D eigenvalue weighted by atomic mass is 19.2. The molecule has 3 N–H and O–H groups in total. The van der Waals surface area contributed by atoms with Crippen LogP contribution in [-0.2, 0) is 50.1 Å². The minimum absolute atomic E-state index is 0.00113. The number of carbonyl (C=O) groups excluding carboxylic acids is 6. The summed E-state index contributed by atoms with van der Waals surface area (Å²) in [5, 5.41) is 7.36. The molecule has 5 rings (SSSR count). The van der Waals surface area contributed by atoms with Gasteiger partial charge in [0.2, 0.25) is 69.7 Å². The van der Waals surface area contributed by atoms with Gasteiger partial charge in [0.25, 0.3) is 0 Å². The van der Waals surface area contributed by atoms with Crippen molar-refractivity contribution < 1.29 is 111 Å². The molecule has 0 saturated carbocycles. The quantitative estimate of drug-likeness (QED) is 0.0150. The van der Waals surface area contributed by atoms with E-state index in [-0.39, 0.29) is 58.9 Å².